The summed E-state index contributed by atoms with van der Waals surface area (Å²) in [5.41, 5.74) is 1.18. The zero-order valence-corrected chi connectivity index (χ0v) is 12.8. The van der Waals surface area contributed by atoms with Crippen LogP contribution in [0.4, 0.5) is 5.13 Å². The van der Waals surface area contributed by atoms with Crippen molar-refractivity contribution in [3.8, 4) is 0 Å². The second-order valence-electron chi connectivity index (χ2n) is 4.93. The van der Waals surface area contributed by atoms with Crippen LogP contribution in [0.3, 0.4) is 0 Å². The van der Waals surface area contributed by atoms with E-state index in [0.29, 0.717) is 5.92 Å². The minimum atomic E-state index is 0.703. The highest BCUT2D eigenvalue weighted by molar-refractivity contribution is 7.09. The van der Waals surface area contributed by atoms with Gasteiger partial charge in [-0.05, 0) is 30.0 Å². The number of halogens is 1. The van der Waals surface area contributed by atoms with E-state index in [0.717, 1.165) is 35.4 Å². The Bertz CT molecular complexity index is 508. The van der Waals surface area contributed by atoms with Gasteiger partial charge in [-0.15, -0.1) is 0 Å². The lowest BCUT2D eigenvalue weighted by atomic mass is 10.1. The minimum Gasteiger partial charge on any atom is -0.360 e. The third-order valence-corrected chi connectivity index (χ3v) is 3.70. The van der Waals surface area contributed by atoms with Crippen LogP contribution < -0.4 is 5.32 Å². The van der Waals surface area contributed by atoms with Crippen LogP contribution >= 0.6 is 23.1 Å². The van der Waals surface area contributed by atoms with Crippen molar-refractivity contribution in [3.05, 3.63) is 40.7 Å². The van der Waals surface area contributed by atoms with Crippen molar-refractivity contribution in [1.82, 2.24) is 9.36 Å². The normalized spacial score (nSPS) is 10.9. The highest BCUT2D eigenvalue weighted by Gasteiger charge is 2.05. The lowest BCUT2D eigenvalue weighted by molar-refractivity contribution is 0.607. The van der Waals surface area contributed by atoms with Crippen LogP contribution in [0, 0.1) is 5.92 Å². The fraction of sp³-hybridized carbons (Fsp3) is 0.429. The van der Waals surface area contributed by atoms with Crippen LogP contribution in [0.15, 0.2) is 24.3 Å². The summed E-state index contributed by atoms with van der Waals surface area (Å²) in [6, 6.07) is 7.81. The van der Waals surface area contributed by atoms with Gasteiger partial charge in [0.05, 0.1) is 0 Å². The Morgan fingerprint density at radius 1 is 1.26 bits per heavy atom. The molecule has 0 spiro atoms. The minimum absolute atomic E-state index is 0.703. The topological polar surface area (TPSA) is 37.8 Å². The van der Waals surface area contributed by atoms with Crippen LogP contribution in [0.2, 0.25) is 5.02 Å². The van der Waals surface area contributed by atoms with Crippen molar-refractivity contribution in [2.45, 2.75) is 26.7 Å². The zero-order chi connectivity index (χ0) is 13.7. The summed E-state index contributed by atoms with van der Waals surface area (Å²) >= 11 is 7.29. The van der Waals surface area contributed by atoms with E-state index in [1.54, 1.807) is 0 Å². The molecule has 0 atom stereocenters. The first-order chi connectivity index (χ1) is 9.13. The predicted octanol–water partition coefficient (Wildman–Crippen LogP) is 4.24. The first kappa shape index (κ1) is 14.3. The highest BCUT2D eigenvalue weighted by atomic mass is 35.5. The zero-order valence-electron chi connectivity index (χ0n) is 11.2. The van der Waals surface area contributed by atoms with Gasteiger partial charge in [0.1, 0.15) is 5.82 Å². The molecule has 1 aromatic carbocycles. The second-order valence-corrected chi connectivity index (χ2v) is 6.12. The standard InChI is InChI=1S/C14H18ClN3S/c1-10(2)7-8-16-14-17-13(18-19-14)9-11-3-5-12(15)6-4-11/h3-6,10H,7-9H2,1-2H3,(H,16,17,18). The SMILES string of the molecule is CC(C)CCNc1nc(Cc2ccc(Cl)cc2)ns1. The summed E-state index contributed by atoms with van der Waals surface area (Å²) in [5, 5.41) is 4.98. The maximum atomic E-state index is 5.86. The molecule has 0 unspecified atom stereocenters. The number of rotatable bonds is 6. The van der Waals surface area contributed by atoms with Crippen LogP contribution in [0.1, 0.15) is 31.7 Å². The van der Waals surface area contributed by atoms with Crippen molar-refractivity contribution >= 4 is 28.3 Å². The van der Waals surface area contributed by atoms with E-state index in [2.05, 4.69) is 28.5 Å². The number of hydrogen-bond donors (Lipinski definition) is 1. The summed E-state index contributed by atoms with van der Waals surface area (Å²) in [7, 11) is 0. The second kappa shape index (κ2) is 6.87. The molecule has 3 nitrogen and oxygen atoms in total. The largest absolute Gasteiger partial charge is 0.360 e. The Labute approximate surface area is 123 Å². The summed E-state index contributed by atoms with van der Waals surface area (Å²) in [5.74, 6) is 1.56. The molecule has 0 bridgehead atoms. The van der Waals surface area contributed by atoms with Gasteiger partial charge in [-0.3, -0.25) is 0 Å². The van der Waals surface area contributed by atoms with Gasteiger partial charge in [-0.1, -0.05) is 37.6 Å². The molecule has 1 N–H and O–H groups in total. The average Bonchev–Trinajstić information content (AvgIpc) is 2.79. The summed E-state index contributed by atoms with van der Waals surface area (Å²) < 4.78 is 4.37. The van der Waals surface area contributed by atoms with E-state index < -0.39 is 0 Å². The number of benzene rings is 1. The van der Waals surface area contributed by atoms with E-state index in [-0.39, 0.29) is 0 Å². The van der Waals surface area contributed by atoms with Crippen LogP contribution in [0.25, 0.3) is 0 Å². The van der Waals surface area contributed by atoms with Crippen molar-refractivity contribution in [3.63, 3.8) is 0 Å². The lowest BCUT2D eigenvalue weighted by Crippen LogP contribution is -2.04. The molecule has 0 amide bonds. The summed E-state index contributed by atoms with van der Waals surface area (Å²) in [6.07, 6.45) is 1.89. The average molecular weight is 296 g/mol. The van der Waals surface area contributed by atoms with E-state index in [1.165, 1.54) is 17.1 Å². The molecule has 5 heteroatoms. The molecule has 1 aromatic heterocycles. The quantitative estimate of drug-likeness (QED) is 0.866. The molecule has 19 heavy (non-hydrogen) atoms. The lowest BCUT2D eigenvalue weighted by Gasteiger charge is -2.04. The maximum Gasteiger partial charge on any atom is 0.202 e. The van der Waals surface area contributed by atoms with Crippen molar-refractivity contribution < 1.29 is 0 Å². The Kier molecular flexibility index (Phi) is 5.16. The Balaban J connectivity index is 1.88. The van der Waals surface area contributed by atoms with Crippen molar-refractivity contribution in [2.24, 2.45) is 5.92 Å². The first-order valence-corrected chi connectivity index (χ1v) is 7.59. The molecule has 102 valence electrons. The molecular weight excluding hydrogens is 278 g/mol. The Hall–Kier alpha value is -1.13. The Morgan fingerprint density at radius 2 is 2.00 bits per heavy atom. The monoisotopic (exact) mass is 295 g/mol. The van der Waals surface area contributed by atoms with Crippen molar-refractivity contribution in [2.75, 3.05) is 11.9 Å². The molecule has 2 rings (SSSR count). The molecule has 1 heterocycles. The maximum absolute atomic E-state index is 5.86. The van der Waals surface area contributed by atoms with Gasteiger partial charge in [0.25, 0.3) is 0 Å². The predicted molar refractivity (Wildman–Crippen MR) is 82.1 cm³/mol. The number of aromatic nitrogens is 2. The molecule has 0 radical (unpaired) electrons. The number of hydrogen-bond acceptors (Lipinski definition) is 4. The number of nitrogens with zero attached hydrogens (tertiary/aromatic N) is 2. The number of anilines is 1. The van der Waals surface area contributed by atoms with Crippen molar-refractivity contribution in [1.29, 1.82) is 0 Å². The third kappa shape index (κ3) is 4.80. The van der Waals surface area contributed by atoms with Crippen LogP contribution in [0.5, 0.6) is 0 Å². The molecule has 0 aliphatic heterocycles. The van der Waals surface area contributed by atoms with Gasteiger partial charge in [-0.2, -0.15) is 4.37 Å². The van der Waals surface area contributed by atoms with Gasteiger partial charge >= 0.3 is 0 Å². The molecular formula is C14H18ClN3S. The van der Waals surface area contributed by atoms with Crippen LogP contribution in [-0.2, 0) is 6.42 Å². The smallest absolute Gasteiger partial charge is 0.202 e. The third-order valence-electron chi connectivity index (χ3n) is 2.74. The molecule has 0 aliphatic rings. The van der Waals surface area contributed by atoms with E-state index >= 15 is 0 Å². The van der Waals surface area contributed by atoms with Gasteiger partial charge in [0, 0.05) is 29.5 Å². The van der Waals surface area contributed by atoms with Crippen LogP contribution in [-0.4, -0.2) is 15.9 Å². The fourth-order valence-electron chi connectivity index (χ4n) is 1.65. The van der Waals surface area contributed by atoms with Gasteiger partial charge in [0.15, 0.2) is 0 Å². The fourth-order valence-corrected chi connectivity index (χ4v) is 2.39. The molecule has 0 saturated heterocycles. The summed E-state index contributed by atoms with van der Waals surface area (Å²) in [6.45, 7) is 5.38. The van der Waals surface area contributed by atoms with Gasteiger partial charge in [-0.25, -0.2) is 4.98 Å². The Morgan fingerprint density at radius 3 is 2.68 bits per heavy atom. The molecule has 2 aromatic rings. The van der Waals surface area contributed by atoms with E-state index in [1.807, 2.05) is 24.3 Å². The first-order valence-electron chi connectivity index (χ1n) is 6.44. The van der Waals surface area contributed by atoms with Gasteiger partial charge in [0.2, 0.25) is 5.13 Å². The molecule has 0 saturated carbocycles. The molecule has 0 fully saturated rings. The highest BCUT2D eigenvalue weighted by Crippen LogP contribution is 2.16. The van der Waals surface area contributed by atoms with Gasteiger partial charge < -0.3 is 5.32 Å². The molecule has 0 aliphatic carbocycles. The number of nitrogens with one attached hydrogen (secondary N) is 1. The van der Waals surface area contributed by atoms with E-state index in [9.17, 15) is 0 Å². The summed E-state index contributed by atoms with van der Waals surface area (Å²) in [4.78, 5) is 4.49. The van der Waals surface area contributed by atoms with E-state index in [4.69, 9.17) is 11.6 Å².